The Hall–Kier alpha value is -1.33. The van der Waals surface area contributed by atoms with Crippen LogP contribution in [0.25, 0.3) is 0 Å². The molecule has 2 rings (SSSR count). The van der Waals surface area contributed by atoms with E-state index in [2.05, 4.69) is 4.98 Å². The number of thiophene rings is 1. The fourth-order valence-electron chi connectivity index (χ4n) is 1.87. The molecule has 1 atom stereocenters. The zero-order chi connectivity index (χ0) is 13.3. The topological polar surface area (TPSA) is 54.9 Å². The van der Waals surface area contributed by atoms with Crippen molar-refractivity contribution in [1.29, 1.82) is 0 Å². The molecule has 2 aromatic heterocycles. The molecule has 0 aromatic carbocycles. The van der Waals surface area contributed by atoms with Gasteiger partial charge in [0, 0.05) is 28.3 Å². The van der Waals surface area contributed by atoms with Crippen molar-refractivity contribution in [1.82, 2.24) is 9.55 Å². The molecule has 1 unspecified atom stereocenters. The summed E-state index contributed by atoms with van der Waals surface area (Å²) in [5, 5.41) is 0.0698. The fraction of sp³-hybridized carbons (Fsp3) is 0.333. The Labute approximate surface area is 113 Å². The number of rotatable bonds is 3. The van der Waals surface area contributed by atoms with Crippen molar-refractivity contribution in [2.45, 2.75) is 26.3 Å². The van der Waals surface area contributed by atoms with Crippen LogP contribution >= 0.6 is 22.9 Å². The van der Waals surface area contributed by atoms with Crippen molar-refractivity contribution in [3.63, 3.8) is 0 Å². The number of nitrogens with zero attached hydrogens (tertiary/aromatic N) is 1. The minimum absolute atomic E-state index is 0.0698. The van der Waals surface area contributed by atoms with E-state index in [1.807, 2.05) is 26.0 Å². The predicted molar refractivity (Wildman–Crippen MR) is 73.8 cm³/mol. The van der Waals surface area contributed by atoms with Crippen molar-refractivity contribution in [3.05, 3.63) is 53.9 Å². The second-order valence-corrected chi connectivity index (χ2v) is 5.98. The highest BCUT2D eigenvalue weighted by Gasteiger charge is 2.12. The average molecular weight is 285 g/mol. The number of aromatic nitrogens is 2. The SMILES string of the molecule is Cc1ccc(CC(C)n2c(=O)cc(Cl)[nH]c2=O)s1. The zero-order valence-corrected chi connectivity index (χ0v) is 11.6. The summed E-state index contributed by atoms with van der Waals surface area (Å²) in [7, 11) is 0. The van der Waals surface area contributed by atoms with Crippen LogP contribution in [0, 0.1) is 6.92 Å². The zero-order valence-electron chi connectivity index (χ0n) is 10.1. The van der Waals surface area contributed by atoms with Crippen LogP contribution in [-0.4, -0.2) is 9.55 Å². The third-order valence-corrected chi connectivity index (χ3v) is 3.89. The molecule has 0 amide bonds. The number of aromatic amines is 1. The third kappa shape index (κ3) is 2.73. The lowest BCUT2D eigenvalue weighted by atomic mass is 10.2. The summed E-state index contributed by atoms with van der Waals surface area (Å²) in [6, 6.07) is 5.07. The maximum absolute atomic E-state index is 11.8. The Morgan fingerprint density at radius 3 is 2.72 bits per heavy atom. The van der Waals surface area contributed by atoms with Gasteiger partial charge in [-0.05, 0) is 26.0 Å². The van der Waals surface area contributed by atoms with E-state index in [0.29, 0.717) is 6.42 Å². The van der Waals surface area contributed by atoms with E-state index in [0.717, 1.165) is 4.88 Å². The van der Waals surface area contributed by atoms with Crippen LogP contribution in [-0.2, 0) is 6.42 Å². The van der Waals surface area contributed by atoms with Crippen LogP contribution in [0.15, 0.2) is 27.8 Å². The van der Waals surface area contributed by atoms with Gasteiger partial charge in [-0.3, -0.25) is 14.3 Å². The molecular weight excluding hydrogens is 272 g/mol. The molecule has 0 spiro atoms. The average Bonchev–Trinajstić information content (AvgIpc) is 2.62. The molecule has 0 aliphatic carbocycles. The van der Waals surface area contributed by atoms with Gasteiger partial charge in [0.25, 0.3) is 5.56 Å². The van der Waals surface area contributed by atoms with Crippen molar-refractivity contribution in [2.75, 3.05) is 0 Å². The van der Waals surface area contributed by atoms with Crippen LogP contribution < -0.4 is 11.2 Å². The minimum atomic E-state index is -0.465. The van der Waals surface area contributed by atoms with Crippen LogP contribution in [0.2, 0.25) is 5.15 Å². The van der Waals surface area contributed by atoms with E-state index >= 15 is 0 Å². The summed E-state index contributed by atoms with van der Waals surface area (Å²) in [6.07, 6.45) is 0.656. The first-order valence-corrected chi connectivity index (χ1v) is 6.73. The van der Waals surface area contributed by atoms with E-state index in [-0.39, 0.29) is 16.8 Å². The molecule has 6 heteroatoms. The van der Waals surface area contributed by atoms with Gasteiger partial charge in [0.1, 0.15) is 5.15 Å². The Bertz CT molecular complexity index is 640. The lowest BCUT2D eigenvalue weighted by Crippen LogP contribution is -2.37. The molecule has 4 nitrogen and oxygen atoms in total. The highest BCUT2D eigenvalue weighted by Crippen LogP contribution is 2.19. The third-order valence-electron chi connectivity index (χ3n) is 2.67. The molecule has 0 aliphatic heterocycles. The quantitative estimate of drug-likeness (QED) is 0.880. The number of hydrogen-bond acceptors (Lipinski definition) is 3. The lowest BCUT2D eigenvalue weighted by Gasteiger charge is -2.12. The largest absolute Gasteiger partial charge is 0.329 e. The van der Waals surface area contributed by atoms with E-state index in [1.54, 1.807) is 11.3 Å². The van der Waals surface area contributed by atoms with E-state index in [4.69, 9.17) is 11.6 Å². The number of halogens is 1. The van der Waals surface area contributed by atoms with Crippen molar-refractivity contribution < 1.29 is 0 Å². The second kappa shape index (κ2) is 5.12. The van der Waals surface area contributed by atoms with E-state index in [1.165, 1.54) is 15.5 Å². The van der Waals surface area contributed by atoms with Gasteiger partial charge < -0.3 is 0 Å². The molecule has 2 heterocycles. The van der Waals surface area contributed by atoms with Gasteiger partial charge in [0.2, 0.25) is 0 Å². The Morgan fingerprint density at radius 1 is 1.44 bits per heavy atom. The van der Waals surface area contributed by atoms with Gasteiger partial charge in [-0.25, -0.2) is 4.79 Å². The van der Waals surface area contributed by atoms with Gasteiger partial charge in [-0.1, -0.05) is 11.6 Å². The maximum Gasteiger partial charge on any atom is 0.329 e. The molecule has 0 radical (unpaired) electrons. The number of aryl methyl sites for hydroxylation is 1. The fourth-order valence-corrected chi connectivity index (χ4v) is 3.06. The minimum Gasteiger partial charge on any atom is -0.298 e. The second-order valence-electron chi connectivity index (χ2n) is 4.20. The maximum atomic E-state index is 11.8. The Kier molecular flexibility index (Phi) is 3.73. The normalized spacial score (nSPS) is 12.6. The standard InChI is InChI=1S/C12H13ClN2O2S/c1-7(5-9-4-3-8(2)18-9)15-11(16)6-10(13)14-12(15)17/h3-4,6-7H,5H2,1-2H3,(H,14,17). The van der Waals surface area contributed by atoms with Crippen molar-refractivity contribution >= 4 is 22.9 Å². The number of H-pyrrole nitrogens is 1. The van der Waals surface area contributed by atoms with Gasteiger partial charge in [-0.2, -0.15) is 0 Å². The predicted octanol–water partition coefficient (Wildman–Crippen LogP) is 2.36. The molecule has 0 saturated heterocycles. The van der Waals surface area contributed by atoms with Gasteiger partial charge in [-0.15, -0.1) is 11.3 Å². The first-order valence-electron chi connectivity index (χ1n) is 5.54. The van der Waals surface area contributed by atoms with Crippen molar-refractivity contribution in [2.24, 2.45) is 0 Å². The lowest BCUT2D eigenvalue weighted by molar-refractivity contribution is 0.504. The molecule has 0 aliphatic rings. The molecule has 0 bridgehead atoms. The Morgan fingerprint density at radius 2 is 2.17 bits per heavy atom. The van der Waals surface area contributed by atoms with Crippen LogP contribution in [0.3, 0.4) is 0 Å². The highest BCUT2D eigenvalue weighted by molar-refractivity contribution is 7.11. The molecule has 96 valence electrons. The molecule has 2 aromatic rings. The van der Waals surface area contributed by atoms with Crippen LogP contribution in [0.4, 0.5) is 0 Å². The van der Waals surface area contributed by atoms with Gasteiger partial charge in [0.05, 0.1) is 0 Å². The number of hydrogen-bond donors (Lipinski definition) is 1. The molecule has 1 N–H and O–H groups in total. The molecular formula is C12H13ClN2O2S. The van der Waals surface area contributed by atoms with Crippen molar-refractivity contribution in [3.8, 4) is 0 Å². The summed E-state index contributed by atoms with van der Waals surface area (Å²) in [6.45, 7) is 3.87. The van der Waals surface area contributed by atoms with Crippen LogP contribution in [0.5, 0.6) is 0 Å². The van der Waals surface area contributed by atoms with Gasteiger partial charge >= 0.3 is 5.69 Å². The summed E-state index contributed by atoms with van der Waals surface area (Å²) in [5.41, 5.74) is -0.835. The van der Waals surface area contributed by atoms with E-state index in [9.17, 15) is 9.59 Å². The summed E-state index contributed by atoms with van der Waals surface area (Å²) < 4.78 is 1.20. The summed E-state index contributed by atoms with van der Waals surface area (Å²) >= 11 is 7.30. The Balaban J connectivity index is 2.32. The smallest absolute Gasteiger partial charge is 0.298 e. The van der Waals surface area contributed by atoms with Crippen LogP contribution in [0.1, 0.15) is 22.7 Å². The number of nitrogens with one attached hydrogen (secondary N) is 1. The highest BCUT2D eigenvalue weighted by atomic mass is 35.5. The first kappa shape index (κ1) is 13.1. The molecule has 0 saturated carbocycles. The monoisotopic (exact) mass is 284 g/mol. The summed E-state index contributed by atoms with van der Waals surface area (Å²) in [5.74, 6) is 0. The van der Waals surface area contributed by atoms with Gasteiger partial charge in [0.15, 0.2) is 0 Å². The first-order chi connectivity index (χ1) is 8.47. The molecule has 0 fully saturated rings. The molecule has 18 heavy (non-hydrogen) atoms. The van der Waals surface area contributed by atoms with E-state index < -0.39 is 5.69 Å². The summed E-state index contributed by atoms with van der Waals surface area (Å²) in [4.78, 5) is 28.3.